The van der Waals surface area contributed by atoms with Crippen molar-refractivity contribution < 1.29 is 14.3 Å². The molecule has 1 fully saturated rings. The molecule has 2 aromatic rings. The molecule has 1 saturated carbocycles. The van der Waals surface area contributed by atoms with Gasteiger partial charge in [0.05, 0.1) is 0 Å². The van der Waals surface area contributed by atoms with Crippen LogP contribution in [-0.2, 0) is 0 Å². The van der Waals surface area contributed by atoms with Crippen molar-refractivity contribution in [3.8, 4) is 11.5 Å². The molecule has 7 nitrogen and oxygen atoms in total. The maximum absolute atomic E-state index is 12.2. The molecule has 4 rings (SSSR count). The van der Waals surface area contributed by atoms with Gasteiger partial charge in [-0.3, -0.25) is 4.79 Å². The molecule has 2 aliphatic rings. The molecule has 0 unspecified atom stereocenters. The van der Waals surface area contributed by atoms with Gasteiger partial charge in [0.2, 0.25) is 6.79 Å². The van der Waals surface area contributed by atoms with Crippen LogP contribution in [0.4, 0.5) is 11.5 Å². The first-order valence-electron chi connectivity index (χ1n) is 8.59. The lowest BCUT2D eigenvalue weighted by Gasteiger charge is -2.22. The summed E-state index contributed by atoms with van der Waals surface area (Å²) in [4.78, 5) is 12.2. The third kappa shape index (κ3) is 3.65. The summed E-state index contributed by atoms with van der Waals surface area (Å²) in [7, 11) is 0. The van der Waals surface area contributed by atoms with Crippen molar-refractivity contribution in [2.75, 3.05) is 12.1 Å². The number of hydrogen-bond acceptors (Lipinski definition) is 6. The third-order valence-electron chi connectivity index (χ3n) is 4.48. The predicted octanol–water partition coefficient (Wildman–Crippen LogP) is 3.01. The van der Waals surface area contributed by atoms with Crippen LogP contribution >= 0.6 is 0 Å². The number of aromatic nitrogens is 2. The average molecular weight is 340 g/mol. The van der Waals surface area contributed by atoms with Gasteiger partial charge in [0.1, 0.15) is 0 Å². The standard InChI is InChI=1S/C18H20N4O3/c23-18(20-12-4-2-1-3-5-12)14-7-9-17(22-21-14)19-13-6-8-15-16(10-13)25-11-24-15/h6-10,12H,1-5,11H2,(H,19,22)(H,20,23). The summed E-state index contributed by atoms with van der Waals surface area (Å²) in [6, 6.07) is 9.24. The fraction of sp³-hybridized carbons (Fsp3) is 0.389. The second-order valence-electron chi connectivity index (χ2n) is 6.31. The van der Waals surface area contributed by atoms with E-state index < -0.39 is 0 Å². The molecule has 0 spiro atoms. The number of anilines is 2. The Bertz CT molecular complexity index is 757. The summed E-state index contributed by atoms with van der Waals surface area (Å²) < 4.78 is 10.6. The second-order valence-corrected chi connectivity index (χ2v) is 6.31. The van der Waals surface area contributed by atoms with Crippen LogP contribution in [0.15, 0.2) is 30.3 Å². The highest BCUT2D eigenvalue weighted by atomic mass is 16.7. The van der Waals surface area contributed by atoms with Gasteiger partial charge < -0.3 is 20.1 Å². The van der Waals surface area contributed by atoms with Crippen molar-refractivity contribution in [2.45, 2.75) is 38.1 Å². The normalized spacial score (nSPS) is 16.5. The van der Waals surface area contributed by atoms with E-state index in [1.807, 2.05) is 18.2 Å². The number of nitrogens with zero attached hydrogens (tertiary/aromatic N) is 2. The first kappa shape index (κ1) is 15.7. The Kier molecular flexibility index (Phi) is 4.37. The molecule has 0 saturated heterocycles. The van der Waals surface area contributed by atoms with Gasteiger partial charge in [-0.05, 0) is 37.1 Å². The zero-order chi connectivity index (χ0) is 17.1. The highest BCUT2D eigenvalue weighted by molar-refractivity contribution is 5.92. The minimum Gasteiger partial charge on any atom is -0.454 e. The van der Waals surface area contributed by atoms with Gasteiger partial charge >= 0.3 is 0 Å². The van der Waals surface area contributed by atoms with Crippen molar-refractivity contribution in [3.05, 3.63) is 36.0 Å². The van der Waals surface area contributed by atoms with E-state index >= 15 is 0 Å². The molecule has 0 bridgehead atoms. The summed E-state index contributed by atoms with van der Waals surface area (Å²) in [5, 5.41) is 14.3. The zero-order valence-electron chi connectivity index (χ0n) is 13.8. The molecule has 1 aliphatic carbocycles. The predicted molar refractivity (Wildman–Crippen MR) is 92.2 cm³/mol. The van der Waals surface area contributed by atoms with Crippen LogP contribution in [0.1, 0.15) is 42.6 Å². The van der Waals surface area contributed by atoms with E-state index in [1.54, 1.807) is 12.1 Å². The van der Waals surface area contributed by atoms with Gasteiger partial charge in [0.25, 0.3) is 5.91 Å². The number of carbonyl (C=O) groups is 1. The fourth-order valence-electron chi connectivity index (χ4n) is 3.15. The smallest absolute Gasteiger partial charge is 0.272 e. The van der Waals surface area contributed by atoms with E-state index in [0.29, 0.717) is 17.3 Å². The van der Waals surface area contributed by atoms with Gasteiger partial charge in [-0.25, -0.2) is 0 Å². The van der Waals surface area contributed by atoms with Crippen molar-refractivity contribution >= 4 is 17.4 Å². The lowest BCUT2D eigenvalue weighted by atomic mass is 9.95. The summed E-state index contributed by atoms with van der Waals surface area (Å²) in [5.41, 5.74) is 1.15. The van der Waals surface area contributed by atoms with Gasteiger partial charge in [0.15, 0.2) is 23.0 Å². The van der Waals surface area contributed by atoms with E-state index in [1.165, 1.54) is 19.3 Å². The fourth-order valence-corrected chi connectivity index (χ4v) is 3.15. The third-order valence-corrected chi connectivity index (χ3v) is 4.48. The Morgan fingerprint density at radius 2 is 1.84 bits per heavy atom. The van der Waals surface area contributed by atoms with Gasteiger partial charge in [-0.1, -0.05) is 19.3 Å². The molecule has 1 amide bonds. The summed E-state index contributed by atoms with van der Waals surface area (Å²) >= 11 is 0. The van der Waals surface area contributed by atoms with Crippen LogP contribution in [-0.4, -0.2) is 28.9 Å². The highest BCUT2D eigenvalue weighted by Crippen LogP contribution is 2.34. The first-order valence-corrected chi connectivity index (χ1v) is 8.59. The Balaban J connectivity index is 1.38. The quantitative estimate of drug-likeness (QED) is 0.890. The number of hydrogen-bond donors (Lipinski definition) is 2. The monoisotopic (exact) mass is 340 g/mol. The lowest BCUT2D eigenvalue weighted by Crippen LogP contribution is -2.36. The van der Waals surface area contributed by atoms with E-state index in [-0.39, 0.29) is 18.7 Å². The highest BCUT2D eigenvalue weighted by Gasteiger charge is 2.18. The number of ether oxygens (including phenoxy) is 2. The molecular weight excluding hydrogens is 320 g/mol. The van der Waals surface area contributed by atoms with E-state index in [9.17, 15) is 4.79 Å². The number of rotatable bonds is 4. The molecular formula is C18H20N4O3. The Morgan fingerprint density at radius 1 is 1.00 bits per heavy atom. The maximum Gasteiger partial charge on any atom is 0.272 e. The van der Waals surface area contributed by atoms with Crippen molar-refractivity contribution in [1.29, 1.82) is 0 Å². The number of carbonyl (C=O) groups excluding carboxylic acids is 1. The van der Waals surface area contributed by atoms with E-state index in [2.05, 4.69) is 20.8 Å². The molecule has 7 heteroatoms. The number of nitrogens with one attached hydrogen (secondary N) is 2. The number of fused-ring (bicyclic) bond motifs is 1. The van der Waals surface area contributed by atoms with Crippen LogP contribution < -0.4 is 20.1 Å². The molecule has 1 aromatic heterocycles. The Hall–Kier alpha value is -2.83. The molecule has 2 N–H and O–H groups in total. The van der Waals surface area contributed by atoms with Crippen molar-refractivity contribution in [3.63, 3.8) is 0 Å². The topological polar surface area (TPSA) is 85.4 Å². The van der Waals surface area contributed by atoms with Crippen LogP contribution in [0.5, 0.6) is 11.5 Å². The van der Waals surface area contributed by atoms with E-state index in [4.69, 9.17) is 9.47 Å². The second kappa shape index (κ2) is 6.96. The summed E-state index contributed by atoms with van der Waals surface area (Å²) in [6.45, 7) is 0.239. The number of amides is 1. The maximum atomic E-state index is 12.2. The first-order chi connectivity index (χ1) is 12.3. The van der Waals surface area contributed by atoms with Crippen molar-refractivity contribution in [2.24, 2.45) is 0 Å². The van der Waals surface area contributed by atoms with Crippen molar-refractivity contribution in [1.82, 2.24) is 15.5 Å². The molecule has 1 aromatic carbocycles. The average Bonchev–Trinajstić information content (AvgIpc) is 3.11. The molecule has 130 valence electrons. The molecule has 25 heavy (non-hydrogen) atoms. The van der Waals surface area contributed by atoms with Gasteiger partial charge in [-0.15, -0.1) is 10.2 Å². The van der Waals surface area contributed by atoms with Crippen LogP contribution in [0, 0.1) is 0 Å². The van der Waals surface area contributed by atoms with Gasteiger partial charge in [-0.2, -0.15) is 0 Å². The minimum atomic E-state index is -0.158. The van der Waals surface area contributed by atoms with Crippen LogP contribution in [0.2, 0.25) is 0 Å². The zero-order valence-corrected chi connectivity index (χ0v) is 13.8. The largest absolute Gasteiger partial charge is 0.454 e. The molecule has 2 heterocycles. The molecule has 0 radical (unpaired) electrons. The van der Waals surface area contributed by atoms with Crippen LogP contribution in [0.25, 0.3) is 0 Å². The minimum absolute atomic E-state index is 0.158. The Labute approximate surface area is 145 Å². The Morgan fingerprint density at radius 3 is 2.64 bits per heavy atom. The van der Waals surface area contributed by atoms with Gasteiger partial charge in [0, 0.05) is 17.8 Å². The molecule has 0 atom stereocenters. The lowest BCUT2D eigenvalue weighted by molar-refractivity contribution is 0.0921. The summed E-state index contributed by atoms with van der Waals surface area (Å²) in [5.74, 6) is 1.83. The van der Waals surface area contributed by atoms with E-state index in [0.717, 1.165) is 24.3 Å². The number of benzene rings is 1. The molecule has 1 aliphatic heterocycles. The SMILES string of the molecule is O=C(NC1CCCCC1)c1ccc(Nc2ccc3c(c2)OCO3)nn1. The summed E-state index contributed by atoms with van der Waals surface area (Å²) in [6.07, 6.45) is 5.70. The van der Waals surface area contributed by atoms with Crippen LogP contribution in [0.3, 0.4) is 0 Å².